The second-order valence-corrected chi connectivity index (χ2v) is 9.18. The second kappa shape index (κ2) is 7.56. The Bertz CT molecular complexity index is 1230. The number of ketones is 1. The fourth-order valence-electron chi connectivity index (χ4n) is 6.50. The molecule has 2 saturated heterocycles. The highest BCUT2D eigenvalue weighted by Gasteiger charge is 2.69. The number of rotatable bonds is 4. The van der Waals surface area contributed by atoms with Gasteiger partial charge in [0.2, 0.25) is 5.91 Å². The lowest BCUT2D eigenvalue weighted by Gasteiger charge is -2.37. The van der Waals surface area contributed by atoms with Crippen LogP contribution in [0.1, 0.15) is 40.2 Å². The molecule has 6 rings (SSSR count). The molecule has 3 aliphatic rings. The Balaban J connectivity index is 1.63. The number of methoxy groups -OCH3 is 1. The predicted molar refractivity (Wildman–Crippen MR) is 126 cm³/mol. The zero-order chi connectivity index (χ0) is 22.6. The van der Waals surface area contributed by atoms with Gasteiger partial charge in [-0.25, -0.2) is 0 Å². The second-order valence-electron chi connectivity index (χ2n) is 9.18. The minimum absolute atomic E-state index is 0.0182. The van der Waals surface area contributed by atoms with E-state index in [0.717, 1.165) is 36.2 Å². The minimum atomic E-state index is -1.06. The average molecular weight is 439 g/mol. The lowest BCUT2D eigenvalue weighted by Crippen LogP contribution is -2.52. The van der Waals surface area contributed by atoms with Crippen molar-refractivity contribution in [2.24, 2.45) is 5.92 Å². The molecule has 0 aromatic heterocycles. The number of Topliss-reactive ketones (excluding diaryl/α,β-unsaturated/α-hetero) is 1. The van der Waals surface area contributed by atoms with Gasteiger partial charge in [0.15, 0.2) is 5.78 Å². The summed E-state index contributed by atoms with van der Waals surface area (Å²) in [5, 5.41) is 3.11. The van der Waals surface area contributed by atoms with Crippen LogP contribution in [-0.4, -0.2) is 36.3 Å². The van der Waals surface area contributed by atoms with E-state index in [2.05, 4.69) is 22.3 Å². The van der Waals surface area contributed by atoms with Gasteiger partial charge in [0.05, 0.1) is 13.0 Å². The van der Waals surface area contributed by atoms with Gasteiger partial charge < -0.3 is 10.1 Å². The quantitative estimate of drug-likeness (QED) is 0.605. The predicted octanol–water partition coefficient (Wildman–Crippen LogP) is 4.60. The Morgan fingerprint density at radius 1 is 1.03 bits per heavy atom. The van der Waals surface area contributed by atoms with Crippen molar-refractivity contribution in [3.05, 3.63) is 95.6 Å². The summed E-state index contributed by atoms with van der Waals surface area (Å²) in [5.74, 6) is -0.0188. The molecule has 2 fully saturated rings. The molecule has 1 N–H and O–H groups in total. The molecule has 1 amide bonds. The van der Waals surface area contributed by atoms with E-state index in [1.165, 1.54) is 0 Å². The molecule has 3 aliphatic heterocycles. The summed E-state index contributed by atoms with van der Waals surface area (Å²) in [6, 6.07) is 25.5. The SMILES string of the molecule is COc1ccc2c(c1)[C@]1(C(=O)N2)[C@H](C(=O)c2ccccc2)[C@H](c2ccccc2)[C@@H]2CCCN21. The summed E-state index contributed by atoms with van der Waals surface area (Å²) < 4.78 is 5.54. The van der Waals surface area contributed by atoms with Gasteiger partial charge in [-0.05, 0) is 43.1 Å². The number of amides is 1. The van der Waals surface area contributed by atoms with E-state index in [4.69, 9.17) is 4.74 Å². The zero-order valence-electron chi connectivity index (χ0n) is 18.5. The van der Waals surface area contributed by atoms with Gasteiger partial charge in [0, 0.05) is 28.8 Å². The molecular weight excluding hydrogens is 412 g/mol. The number of benzene rings is 3. The van der Waals surface area contributed by atoms with E-state index in [-0.39, 0.29) is 23.7 Å². The minimum Gasteiger partial charge on any atom is -0.497 e. The first-order valence-electron chi connectivity index (χ1n) is 11.6. The molecule has 166 valence electrons. The Hall–Kier alpha value is -3.44. The maximum Gasteiger partial charge on any atom is 0.250 e. The fourth-order valence-corrected chi connectivity index (χ4v) is 6.50. The van der Waals surface area contributed by atoms with Crippen molar-refractivity contribution in [1.29, 1.82) is 0 Å². The lowest BCUT2D eigenvalue weighted by molar-refractivity contribution is -0.127. The van der Waals surface area contributed by atoms with Crippen LogP contribution < -0.4 is 10.1 Å². The van der Waals surface area contributed by atoms with Crippen molar-refractivity contribution in [3.8, 4) is 5.75 Å². The Labute approximate surface area is 193 Å². The maximum absolute atomic E-state index is 14.3. The molecule has 5 heteroatoms. The van der Waals surface area contributed by atoms with Crippen LogP contribution in [0.4, 0.5) is 5.69 Å². The summed E-state index contributed by atoms with van der Waals surface area (Å²) in [5.41, 5.74) is 2.33. The highest BCUT2D eigenvalue weighted by molar-refractivity contribution is 6.12. The van der Waals surface area contributed by atoms with Gasteiger partial charge >= 0.3 is 0 Å². The van der Waals surface area contributed by atoms with Gasteiger partial charge in [-0.15, -0.1) is 0 Å². The normalized spacial score (nSPS) is 27.9. The number of nitrogens with zero attached hydrogens (tertiary/aromatic N) is 1. The molecule has 3 aromatic rings. The molecule has 3 aromatic carbocycles. The maximum atomic E-state index is 14.3. The van der Waals surface area contributed by atoms with E-state index in [9.17, 15) is 9.59 Å². The fraction of sp³-hybridized carbons (Fsp3) is 0.286. The molecule has 0 radical (unpaired) electrons. The van der Waals surface area contributed by atoms with Crippen molar-refractivity contribution < 1.29 is 14.3 Å². The largest absolute Gasteiger partial charge is 0.497 e. The number of hydrogen-bond donors (Lipinski definition) is 1. The highest BCUT2D eigenvalue weighted by Crippen LogP contribution is 2.61. The first-order chi connectivity index (χ1) is 16.2. The van der Waals surface area contributed by atoms with Gasteiger partial charge in [-0.3, -0.25) is 14.5 Å². The van der Waals surface area contributed by atoms with Gasteiger partial charge in [-0.1, -0.05) is 60.7 Å². The van der Waals surface area contributed by atoms with Crippen molar-refractivity contribution >= 4 is 17.4 Å². The number of hydrogen-bond acceptors (Lipinski definition) is 4. The van der Waals surface area contributed by atoms with Crippen molar-refractivity contribution in [3.63, 3.8) is 0 Å². The molecule has 1 spiro atoms. The number of carbonyl (C=O) groups excluding carboxylic acids is 2. The molecule has 33 heavy (non-hydrogen) atoms. The first-order valence-corrected chi connectivity index (χ1v) is 11.6. The molecule has 0 unspecified atom stereocenters. The molecule has 0 bridgehead atoms. The topological polar surface area (TPSA) is 58.6 Å². The van der Waals surface area contributed by atoms with Crippen LogP contribution in [0.25, 0.3) is 0 Å². The highest BCUT2D eigenvalue weighted by atomic mass is 16.5. The molecular formula is C28H26N2O3. The molecule has 5 nitrogen and oxygen atoms in total. The van der Waals surface area contributed by atoms with Crippen LogP contribution in [0.2, 0.25) is 0 Å². The molecule has 0 saturated carbocycles. The molecule has 3 heterocycles. The van der Waals surface area contributed by atoms with E-state index in [1.807, 2.05) is 66.7 Å². The summed E-state index contributed by atoms with van der Waals surface area (Å²) in [6.45, 7) is 0.788. The van der Waals surface area contributed by atoms with Crippen molar-refractivity contribution in [2.45, 2.75) is 30.3 Å². The van der Waals surface area contributed by atoms with E-state index in [1.54, 1.807) is 7.11 Å². The lowest BCUT2D eigenvalue weighted by atomic mass is 9.69. The number of carbonyl (C=O) groups is 2. The van der Waals surface area contributed by atoms with Crippen LogP contribution in [0.5, 0.6) is 5.75 Å². The van der Waals surface area contributed by atoms with E-state index >= 15 is 0 Å². The molecule has 4 atom stereocenters. The summed E-state index contributed by atoms with van der Waals surface area (Å²) in [4.78, 5) is 30.6. The van der Waals surface area contributed by atoms with Crippen molar-refractivity contribution in [2.75, 3.05) is 19.0 Å². The monoisotopic (exact) mass is 438 g/mol. The van der Waals surface area contributed by atoms with Crippen LogP contribution in [0.3, 0.4) is 0 Å². The third-order valence-corrected chi connectivity index (χ3v) is 7.73. The Kier molecular flexibility index (Phi) is 4.63. The number of fused-ring (bicyclic) bond motifs is 4. The number of anilines is 1. The van der Waals surface area contributed by atoms with Crippen LogP contribution in [0, 0.1) is 5.92 Å². The summed E-state index contributed by atoms with van der Waals surface area (Å²) in [6.07, 6.45) is 1.97. The number of ether oxygens (including phenoxy) is 1. The summed E-state index contributed by atoms with van der Waals surface area (Å²) >= 11 is 0. The van der Waals surface area contributed by atoms with Crippen LogP contribution in [0.15, 0.2) is 78.9 Å². The summed E-state index contributed by atoms with van der Waals surface area (Å²) in [7, 11) is 1.63. The third-order valence-electron chi connectivity index (χ3n) is 7.73. The zero-order valence-corrected chi connectivity index (χ0v) is 18.5. The van der Waals surface area contributed by atoms with Crippen molar-refractivity contribution in [1.82, 2.24) is 4.90 Å². The van der Waals surface area contributed by atoms with E-state index in [0.29, 0.717) is 11.3 Å². The Morgan fingerprint density at radius 3 is 2.48 bits per heavy atom. The average Bonchev–Trinajstić information content (AvgIpc) is 3.52. The van der Waals surface area contributed by atoms with Gasteiger partial charge in [0.25, 0.3) is 0 Å². The first kappa shape index (κ1) is 20.2. The van der Waals surface area contributed by atoms with Gasteiger partial charge in [0.1, 0.15) is 11.3 Å². The number of nitrogens with one attached hydrogen (secondary N) is 1. The van der Waals surface area contributed by atoms with Crippen LogP contribution >= 0.6 is 0 Å². The Morgan fingerprint density at radius 2 is 1.76 bits per heavy atom. The molecule has 0 aliphatic carbocycles. The van der Waals surface area contributed by atoms with Crippen LogP contribution in [-0.2, 0) is 10.3 Å². The smallest absolute Gasteiger partial charge is 0.250 e. The standard InChI is InChI=1S/C28H26N2O3/c1-33-20-14-15-22-21(17-20)28(27(32)29-22)25(26(31)19-11-6-3-7-12-19)24(18-9-4-2-5-10-18)23-13-8-16-30(23)28/h2-7,9-12,14-15,17,23-25H,8,13,16H2,1H3,(H,29,32)/t23-,24+,25-,28+/m0/s1. The van der Waals surface area contributed by atoms with Gasteiger partial charge in [-0.2, -0.15) is 0 Å². The third kappa shape index (κ3) is 2.75. The van der Waals surface area contributed by atoms with E-state index < -0.39 is 11.5 Å².